The Balaban J connectivity index is 0.00000180. The first-order valence-electron chi connectivity index (χ1n) is 6.41. The molecule has 1 N–H and O–H groups in total. The fourth-order valence-electron chi connectivity index (χ4n) is 2.33. The summed E-state index contributed by atoms with van der Waals surface area (Å²) in [5, 5.41) is 9.14. The van der Waals surface area contributed by atoms with E-state index in [0.29, 0.717) is 5.92 Å². The Morgan fingerprint density at radius 3 is 2.68 bits per heavy atom. The Kier molecular flexibility index (Phi) is 6.85. The van der Waals surface area contributed by atoms with Crippen molar-refractivity contribution in [2.24, 2.45) is 10.9 Å². The van der Waals surface area contributed by atoms with Crippen LogP contribution in [0, 0.1) is 58.8 Å². The molecular formula is C16H20NOYb-. The molecule has 1 aliphatic carbocycles. The van der Waals surface area contributed by atoms with Gasteiger partial charge in [-0.05, 0) is 30.7 Å². The number of aliphatic imine (C=N–C) groups is 1. The number of benzene rings is 1. The molecule has 1 aliphatic rings. The van der Waals surface area contributed by atoms with E-state index in [2.05, 4.69) is 13.8 Å². The number of para-hydroxylation sites is 1. The number of aliphatic hydroxyl groups excluding tert-OH is 1. The van der Waals surface area contributed by atoms with Gasteiger partial charge >= 0.3 is 0 Å². The van der Waals surface area contributed by atoms with Crippen LogP contribution in [0.5, 0.6) is 0 Å². The van der Waals surface area contributed by atoms with Gasteiger partial charge in [-0.15, -0.1) is 6.42 Å². The summed E-state index contributed by atoms with van der Waals surface area (Å²) in [6.07, 6.45) is 3.22. The zero-order valence-electron chi connectivity index (χ0n) is 11.5. The van der Waals surface area contributed by atoms with Crippen molar-refractivity contribution in [2.45, 2.75) is 33.6 Å². The first-order chi connectivity index (χ1) is 8.61. The number of allylic oxidation sites excluding steroid dienone is 1. The van der Waals surface area contributed by atoms with Gasteiger partial charge in [0, 0.05) is 52.5 Å². The predicted molar refractivity (Wildman–Crippen MR) is 77.1 cm³/mol. The van der Waals surface area contributed by atoms with Crippen molar-refractivity contribution >= 4 is 17.0 Å². The van der Waals surface area contributed by atoms with Gasteiger partial charge in [0.2, 0.25) is 0 Å². The zero-order valence-corrected chi connectivity index (χ0v) is 13.3. The Labute approximate surface area is 154 Å². The molecule has 0 aliphatic heterocycles. The van der Waals surface area contributed by atoms with Crippen LogP contribution in [0.2, 0.25) is 0 Å². The molecule has 1 unspecified atom stereocenters. The van der Waals surface area contributed by atoms with E-state index in [9.17, 15) is 0 Å². The molecule has 0 saturated heterocycles. The summed E-state index contributed by atoms with van der Waals surface area (Å²) in [5.41, 5.74) is 4.06. The molecule has 1 aromatic rings. The first-order valence-corrected chi connectivity index (χ1v) is 6.41. The molecule has 0 spiro atoms. The normalized spacial score (nSPS) is 22.6. The van der Waals surface area contributed by atoms with Gasteiger partial charge in [0.25, 0.3) is 0 Å². The summed E-state index contributed by atoms with van der Waals surface area (Å²) in [7, 11) is 0. The van der Waals surface area contributed by atoms with Crippen LogP contribution in [0.15, 0.2) is 35.5 Å². The standard InChI is InChI=1S/C16H20NO.Yb/c1-11-8-14(9-12(11)2)17-16-7-5-4-6-15(16)13(3)10-18;/h4-7,10-11,18H,8-9H2,1-3H3;/q-1;/b13-10-,17-14?;. The monoisotopic (exact) mass is 416 g/mol. The molecule has 0 bridgehead atoms. The Morgan fingerprint density at radius 1 is 1.42 bits per heavy atom. The van der Waals surface area contributed by atoms with Crippen LogP contribution in [0.1, 0.15) is 39.2 Å². The van der Waals surface area contributed by atoms with Crippen molar-refractivity contribution in [2.75, 3.05) is 0 Å². The fourth-order valence-corrected chi connectivity index (χ4v) is 2.33. The Bertz CT molecular complexity index is 481. The molecular weight excluding hydrogens is 395 g/mol. The van der Waals surface area contributed by atoms with Crippen LogP contribution < -0.4 is 0 Å². The van der Waals surface area contributed by atoms with E-state index in [4.69, 9.17) is 10.1 Å². The molecule has 1 saturated carbocycles. The van der Waals surface area contributed by atoms with Crippen molar-refractivity contribution < 1.29 is 52.0 Å². The van der Waals surface area contributed by atoms with E-state index in [1.54, 1.807) is 0 Å². The molecule has 3 heteroatoms. The van der Waals surface area contributed by atoms with Gasteiger partial charge in [-0.1, -0.05) is 25.1 Å². The second-order valence-corrected chi connectivity index (χ2v) is 5.14. The first kappa shape index (κ1) is 17.0. The molecule has 1 aromatic carbocycles. The molecule has 2 rings (SSSR count). The second kappa shape index (κ2) is 7.66. The van der Waals surface area contributed by atoms with Gasteiger partial charge in [-0.25, -0.2) is 0 Å². The van der Waals surface area contributed by atoms with Gasteiger partial charge in [0.1, 0.15) is 0 Å². The Morgan fingerprint density at radius 2 is 2.11 bits per heavy atom. The molecule has 0 radical (unpaired) electrons. The minimum Gasteiger partial charge on any atom is -0.515 e. The number of rotatable bonds is 2. The van der Waals surface area contributed by atoms with Crippen LogP contribution >= 0.6 is 0 Å². The largest absolute Gasteiger partial charge is 0.515 e. The van der Waals surface area contributed by atoms with E-state index >= 15 is 0 Å². The maximum Gasteiger partial charge on any atom is 0.0827 e. The number of hydrogen-bond acceptors (Lipinski definition) is 2. The molecule has 2 nitrogen and oxygen atoms in total. The third kappa shape index (κ3) is 4.21. The van der Waals surface area contributed by atoms with Crippen molar-refractivity contribution in [3.63, 3.8) is 0 Å². The topological polar surface area (TPSA) is 32.6 Å². The van der Waals surface area contributed by atoms with Crippen LogP contribution in [-0.4, -0.2) is 10.8 Å². The average Bonchev–Trinajstić information content (AvgIpc) is 2.68. The summed E-state index contributed by atoms with van der Waals surface area (Å²) in [6.45, 7) is 6.36. The molecule has 0 heterocycles. The molecule has 110 valence electrons. The van der Waals surface area contributed by atoms with Gasteiger partial charge in [-0.2, -0.15) is 12.8 Å². The van der Waals surface area contributed by atoms with Crippen LogP contribution in [-0.2, 0) is 0 Å². The summed E-state index contributed by atoms with van der Waals surface area (Å²) in [5.74, 6) is 2.16. The maximum atomic E-state index is 9.14. The average molecular weight is 415 g/mol. The number of hydrogen-bond donors (Lipinski definition) is 1. The zero-order chi connectivity index (χ0) is 13.1. The third-order valence-electron chi connectivity index (χ3n) is 3.67. The summed E-state index contributed by atoms with van der Waals surface area (Å²) < 4.78 is 0. The van der Waals surface area contributed by atoms with E-state index in [0.717, 1.165) is 35.9 Å². The van der Waals surface area contributed by atoms with Gasteiger partial charge in [0.15, 0.2) is 0 Å². The fraction of sp³-hybridized carbons (Fsp3) is 0.375. The smallest absolute Gasteiger partial charge is 0.0827 e. The van der Waals surface area contributed by atoms with Crippen LogP contribution in [0.4, 0.5) is 5.69 Å². The minimum atomic E-state index is 0. The van der Waals surface area contributed by atoms with Gasteiger partial charge in [-0.3, -0.25) is 4.99 Å². The van der Waals surface area contributed by atoms with E-state index < -0.39 is 0 Å². The predicted octanol–water partition coefficient (Wildman–Crippen LogP) is 4.70. The molecule has 0 aromatic heterocycles. The Hall–Kier alpha value is -0.0505. The molecule has 19 heavy (non-hydrogen) atoms. The summed E-state index contributed by atoms with van der Waals surface area (Å²) >= 11 is 0. The SMILES string of the molecule is C/C(=C/O)c1ccccc1N=C1C[C-](C)C(C)C1.[Yb]. The maximum absolute atomic E-state index is 9.14. The minimum absolute atomic E-state index is 0. The number of aliphatic hydroxyl groups is 1. The van der Waals surface area contributed by atoms with Crippen molar-refractivity contribution in [3.05, 3.63) is 42.0 Å². The van der Waals surface area contributed by atoms with E-state index in [-0.39, 0.29) is 46.9 Å². The van der Waals surface area contributed by atoms with Crippen LogP contribution in [0.3, 0.4) is 0 Å². The molecule has 1 atom stereocenters. The number of nitrogens with zero attached hydrogens (tertiary/aromatic N) is 1. The van der Waals surface area contributed by atoms with Gasteiger partial charge in [0.05, 0.1) is 11.9 Å². The summed E-state index contributed by atoms with van der Waals surface area (Å²) in [4.78, 5) is 4.77. The van der Waals surface area contributed by atoms with E-state index in [1.165, 1.54) is 11.6 Å². The molecule has 0 amide bonds. The van der Waals surface area contributed by atoms with Crippen molar-refractivity contribution in [1.82, 2.24) is 0 Å². The van der Waals surface area contributed by atoms with Gasteiger partial charge < -0.3 is 11.0 Å². The van der Waals surface area contributed by atoms with E-state index in [1.807, 2.05) is 31.2 Å². The van der Waals surface area contributed by atoms with Crippen LogP contribution in [0.25, 0.3) is 5.57 Å². The second-order valence-electron chi connectivity index (χ2n) is 5.14. The van der Waals surface area contributed by atoms with Crippen molar-refractivity contribution in [1.29, 1.82) is 0 Å². The quantitative estimate of drug-likeness (QED) is 0.551. The third-order valence-corrected chi connectivity index (χ3v) is 3.67. The summed E-state index contributed by atoms with van der Waals surface area (Å²) in [6, 6.07) is 7.97. The molecule has 1 fully saturated rings. The van der Waals surface area contributed by atoms with Crippen molar-refractivity contribution in [3.8, 4) is 0 Å².